The van der Waals surface area contributed by atoms with Gasteiger partial charge in [0.15, 0.2) is 0 Å². The first-order valence-corrected chi connectivity index (χ1v) is 7.25. The highest BCUT2D eigenvalue weighted by Crippen LogP contribution is 2.28. The minimum atomic E-state index is -0.603. The number of nitrogens with zero attached hydrogens (tertiary/aromatic N) is 1. The number of alkyl halides is 1. The molecule has 0 bridgehead atoms. The fourth-order valence-corrected chi connectivity index (χ4v) is 3.04. The number of carbonyl (C=O) groups excluding carboxylic acids is 1. The standard InChI is InChI=1S/C13H14Cl2N2O3/c14-7-8-2-1-3-11(8)16-13(18)10-5-4-9(15)6-12(10)17(19)20/h4-6,8,11H,1-3,7H2,(H,16,18). The summed E-state index contributed by atoms with van der Waals surface area (Å²) in [7, 11) is 0. The summed E-state index contributed by atoms with van der Waals surface area (Å²) in [5.41, 5.74) is -0.255. The number of rotatable bonds is 4. The molecule has 0 spiro atoms. The Kier molecular flexibility index (Phi) is 4.83. The van der Waals surface area contributed by atoms with Crippen LogP contribution in [-0.2, 0) is 0 Å². The van der Waals surface area contributed by atoms with Gasteiger partial charge in [-0.3, -0.25) is 14.9 Å². The second kappa shape index (κ2) is 6.41. The third-order valence-electron chi connectivity index (χ3n) is 3.57. The summed E-state index contributed by atoms with van der Waals surface area (Å²) in [6, 6.07) is 4.01. The van der Waals surface area contributed by atoms with Crippen molar-refractivity contribution in [3.63, 3.8) is 0 Å². The molecule has 1 aliphatic rings. The first-order chi connectivity index (χ1) is 9.52. The van der Waals surface area contributed by atoms with Crippen LogP contribution in [0, 0.1) is 16.0 Å². The Morgan fingerprint density at radius 2 is 2.20 bits per heavy atom. The molecule has 2 atom stereocenters. The Hall–Kier alpha value is -1.33. The SMILES string of the molecule is O=C(NC1CCCC1CCl)c1ccc(Cl)cc1[N+](=O)[O-]. The molecule has 20 heavy (non-hydrogen) atoms. The van der Waals surface area contributed by atoms with Gasteiger partial charge in [-0.2, -0.15) is 0 Å². The number of nitro benzene ring substituents is 1. The predicted molar refractivity (Wildman–Crippen MR) is 77.4 cm³/mol. The molecule has 0 heterocycles. The maximum atomic E-state index is 12.2. The van der Waals surface area contributed by atoms with Crippen LogP contribution in [0.3, 0.4) is 0 Å². The van der Waals surface area contributed by atoms with Gasteiger partial charge < -0.3 is 5.32 Å². The molecular weight excluding hydrogens is 303 g/mol. The van der Waals surface area contributed by atoms with Crippen LogP contribution in [0.15, 0.2) is 18.2 Å². The molecule has 7 heteroatoms. The van der Waals surface area contributed by atoms with Crippen LogP contribution in [0.25, 0.3) is 0 Å². The fraction of sp³-hybridized carbons (Fsp3) is 0.462. The average Bonchev–Trinajstić information content (AvgIpc) is 2.85. The molecule has 0 radical (unpaired) electrons. The normalized spacial score (nSPS) is 21.7. The highest BCUT2D eigenvalue weighted by molar-refractivity contribution is 6.31. The molecule has 1 amide bonds. The van der Waals surface area contributed by atoms with Crippen molar-refractivity contribution >= 4 is 34.8 Å². The largest absolute Gasteiger partial charge is 0.349 e. The third-order valence-corrected chi connectivity index (χ3v) is 4.21. The number of nitrogens with one attached hydrogen (secondary N) is 1. The van der Waals surface area contributed by atoms with E-state index in [1.165, 1.54) is 18.2 Å². The predicted octanol–water partition coefficient (Wildman–Crippen LogP) is 3.39. The molecule has 1 saturated carbocycles. The van der Waals surface area contributed by atoms with Crippen molar-refractivity contribution in [1.82, 2.24) is 5.32 Å². The summed E-state index contributed by atoms with van der Waals surface area (Å²) in [4.78, 5) is 22.6. The molecule has 1 aliphatic carbocycles. The molecule has 1 fully saturated rings. The van der Waals surface area contributed by atoms with Crippen molar-refractivity contribution in [3.8, 4) is 0 Å². The highest BCUT2D eigenvalue weighted by Gasteiger charge is 2.30. The number of carbonyl (C=O) groups is 1. The lowest BCUT2D eigenvalue weighted by Gasteiger charge is -2.18. The van der Waals surface area contributed by atoms with Gasteiger partial charge in [-0.15, -0.1) is 11.6 Å². The maximum Gasteiger partial charge on any atom is 0.283 e. The topological polar surface area (TPSA) is 72.2 Å². The van der Waals surface area contributed by atoms with Crippen molar-refractivity contribution < 1.29 is 9.72 Å². The molecule has 108 valence electrons. The molecule has 1 N–H and O–H groups in total. The lowest BCUT2D eigenvalue weighted by molar-refractivity contribution is -0.385. The van der Waals surface area contributed by atoms with Crippen LogP contribution in [0.5, 0.6) is 0 Å². The van der Waals surface area contributed by atoms with Crippen LogP contribution in [0.2, 0.25) is 5.02 Å². The Morgan fingerprint density at radius 1 is 1.45 bits per heavy atom. The number of hydrogen-bond donors (Lipinski definition) is 1. The molecule has 5 nitrogen and oxygen atoms in total. The maximum absolute atomic E-state index is 12.2. The van der Waals surface area contributed by atoms with E-state index in [-0.39, 0.29) is 28.2 Å². The van der Waals surface area contributed by atoms with Crippen LogP contribution in [-0.4, -0.2) is 22.8 Å². The van der Waals surface area contributed by atoms with E-state index in [2.05, 4.69) is 5.32 Å². The highest BCUT2D eigenvalue weighted by atomic mass is 35.5. The van der Waals surface area contributed by atoms with E-state index in [9.17, 15) is 14.9 Å². The smallest absolute Gasteiger partial charge is 0.283 e. The second-order valence-corrected chi connectivity index (χ2v) is 5.59. The molecular formula is C13H14Cl2N2O3. The quantitative estimate of drug-likeness (QED) is 0.525. The second-order valence-electron chi connectivity index (χ2n) is 4.84. The van der Waals surface area contributed by atoms with Crippen LogP contribution < -0.4 is 5.32 Å². The minimum absolute atomic E-state index is 0.0183. The summed E-state index contributed by atoms with van der Waals surface area (Å²) in [6.45, 7) is 0. The molecule has 2 unspecified atom stereocenters. The monoisotopic (exact) mass is 316 g/mol. The first-order valence-electron chi connectivity index (χ1n) is 6.33. The van der Waals surface area contributed by atoms with Crippen molar-refractivity contribution in [2.45, 2.75) is 25.3 Å². The van der Waals surface area contributed by atoms with Crippen molar-refractivity contribution in [1.29, 1.82) is 0 Å². The van der Waals surface area contributed by atoms with Crippen molar-refractivity contribution in [2.24, 2.45) is 5.92 Å². The first kappa shape index (κ1) is 15.1. The van der Waals surface area contributed by atoms with E-state index >= 15 is 0 Å². The van der Waals surface area contributed by atoms with E-state index in [1.54, 1.807) is 0 Å². The van der Waals surface area contributed by atoms with Crippen LogP contribution in [0.1, 0.15) is 29.6 Å². The molecule has 1 aromatic carbocycles. The molecule has 2 rings (SSSR count). The van der Waals surface area contributed by atoms with Gasteiger partial charge in [-0.1, -0.05) is 18.0 Å². The Labute approximate surface area is 126 Å². The van der Waals surface area contributed by atoms with E-state index in [0.717, 1.165) is 19.3 Å². The van der Waals surface area contributed by atoms with E-state index in [1.807, 2.05) is 0 Å². The summed E-state index contributed by atoms with van der Waals surface area (Å²) < 4.78 is 0. The van der Waals surface area contributed by atoms with Gasteiger partial charge in [-0.25, -0.2) is 0 Å². The van der Waals surface area contributed by atoms with Gasteiger partial charge >= 0.3 is 0 Å². The number of benzene rings is 1. The summed E-state index contributed by atoms with van der Waals surface area (Å²) in [5.74, 6) is 0.260. The number of halogens is 2. The van der Waals surface area contributed by atoms with Crippen molar-refractivity contribution in [2.75, 3.05) is 5.88 Å². The van der Waals surface area contributed by atoms with Crippen molar-refractivity contribution in [3.05, 3.63) is 38.9 Å². The van der Waals surface area contributed by atoms with E-state index in [0.29, 0.717) is 5.88 Å². The Morgan fingerprint density at radius 3 is 2.85 bits per heavy atom. The van der Waals surface area contributed by atoms with E-state index < -0.39 is 10.8 Å². The summed E-state index contributed by atoms with van der Waals surface area (Å²) in [6.07, 6.45) is 2.83. The van der Waals surface area contributed by atoms with Gasteiger partial charge in [-0.05, 0) is 30.9 Å². The fourth-order valence-electron chi connectivity index (χ4n) is 2.51. The number of amides is 1. The summed E-state index contributed by atoms with van der Waals surface area (Å²) in [5, 5.41) is 14.1. The molecule has 0 saturated heterocycles. The van der Waals surface area contributed by atoms with Crippen LogP contribution >= 0.6 is 23.2 Å². The Balaban J connectivity index is 2.19. The minimum Gasteiger partial charge on any atom is -0.349 e. The zero-order valence-corrected chi connectivity index (χ0v) is 12.2. The lowest BCUT2D eigenvalue weighted by atomic mass is 10.1. The molecule has 1 aromatic rings. The average molecular weight is 317 g/mol. The van der Waals surface area contributed by atoms with Gasteiger partial charge in [0, 0.05) is 23.0 Å². The van der Waals surface area contributed by atoms with Gasteiger partial charge in [0.2, 0.25) is 0 Å². The summed E-state index contributed by atoms with van der Waals surface area (Å²) >= 11 is 11.6. The zero-order chi connectivity index (χ0) is 14.7. The Bertz CT molecular complexity index is 536. The van der Waals surface area contributed by atoms with Gasteiger partial charge in [0.25, 0.3) is 11.6 Å². The molecule has 0 aliphatic heterocycles. The van der Waals surface area contributed by atoms with Crippen LogP contribution in [0.4, 0.5) is 5.69 Å². The van der Waals surface area contributed by atoms with Gasteiger partial charge in [0.1, 0.15) is 5.56 Å². The number of nitro groups is 1. The lowest BCUT2D eigenvalue weighted by Crippen LogP contribution is -2.38. The third kappa shape index (κ3) is 3.22. The van der Waals surface area contributed by atoms with Gasteiger partial charge in [0.05, 0.1) is 4.92 Å². The van der Waals surface area contributed by atoms with E-state index in [4.69, 9.17) is 23.2 Å². The molecule has 0 aromatic heterocycles. The number of hydrogen-bond acceptors (Lipinski definition) is 3. The zero-order valence-electron chi connectivity index (χ0n) is 10.6.